The lowest BCUT2D eigenvalue weighted by Crippen LogP contribution is -2.41. The molecule has 5 heteroatoms. The highest BCUT2D eigenvalue weighted by atomic mass is 16.6. The second kappa shape index (κ2) is 6.98. The van der Waals surface area contributed by atoms with E-state index in [0.29, 0.717) is 12.1 Å². The molecule has 0 aromatic carbocycles. The van der Waals surface area contributed by atoms with Crippen molar-refractivity contribution >= 4 is 6.09 Å². The summed E-state index contributed by atoms with van der Waals surface area (Å²) in [6.45, 7) is 9.91. The molecule has 2 atom stereocenters. The van der Waals surface area contributed by atoms with Crippen LogP contribution in [0.15, 0.2) is 0 Å². The highest BCUT2D eigenvalue weighted by molar-refractivity contribution is 5.68. The van der Waals surface area contributed by atoms with Crippen molar-refractivity contribution in [2.24, 2.45) is 0 Å². The molecule has 23 heavy (non-hydrogen) atoms. The summed E-state index contributed by atoms with van der Waals surface area (Å²) < 4.78 is 5.51. The van der Waals surface area contributed by atoms with Crippen LogP contribution in [0.3, 0.4) is 0 Å². The Morgan fingerprint density at radius 3 is 2.43 bits per heavy atom. The fourth-order valence-corrected chi connectivity index (χ4v) is 3.80. The van der Waals surface area contributed by atoms with E-state index in [1.807, 2.05) is 25.7 Å². The molecule has 2 unspecified atom stereocenters. The van der Waals surface area contributed by atoms with E-state index in [9.17, 15) is 4.79 Å². The van der Waals surface area contributed by atoms with Gasteiger partial charge >= 0.3 is 6.09 Å². The molecule has 5 nitrogen and oxygen atoms in total. The minimum atomic E-state index is -0.406. The van der Waals surface area contributed by atoms with Gasteiger partial charge in [0.25, 0.3) is 0 Å². The molecule has 0 spiro atoms. The molecule has 0 radical (unpaired) electrons. The van der Waals surface area contributed by atoms with Gasteiger partial charge in [0, 0.05) is 44.3 Å². The van der Waals surface area contributed by atoms with Gasteiger partial charge in [-0.05, 0) is 59.3 Å². The zero-order valence-corrected chi connectivity index (χ0v) is 15.0. The van der Waals surface area contributed by atoms with E-state index < -0.39 is 5.60 Å². The Bertz CT molecular complexity index is 417. The van der Waals surface area contributed by atoms with Crippen molar-refractivity contribution in [3.8, 4) is 0 Å². The summed E-state index contributed by atoms with van der Waals surface area (Å²) in [7, 11) is 0. The lowest BCUT2D eigenvalue weighted by Gasteiger charge is -2.26. The first-order valence-electron chi connectivity index (χ1n) is 9.39. The largest absolute Gasteiger partial charge is 0.444 e. The van der Waals surface area contributed by atoms with Crippen molar-refractivity contribution in [3.05, 3.63) is 0 Å². The van der Waals surface area contributed by atoms with Gasteiger partial charge in [0.2, 0.25) is 0 Å². The fourth-order valence-electron chi connectivity index (χ4n) is 3.80. The Morgan fingerprint density at radius 1 is 1.00 bits per heavy atom. The van der Waals surface area contributed by atoms with Crippen LogP contribution in [0.5, 0.6) is 0 Å². The van der Waals surface area contributed by atoms with E-state index in [1.54, 1.807) is 0 Å². The Hall–Kier alpha value is -0.810. The molecule has 1 amide bonds. The lowest BCUT2D eigenvalue weighted by atomic mass is 10.1. The number of likely N-dealkylation sites (tertiary alicyclic amines) is 2. The summed E-state index contributed by atoms with van der Waals surface area (Å²) in [5.74, 6) is 0. The predicted octanol–water partition coefficient (Wildman–Crippen LogP) is 2.60. The van der Waals surface area contributed by atoms with E-state index in [-0.39, 0.29) is 6.09 Å². The smallest absolute Gasteiger partial charge is 0.410 e. The van der Waals surface area contributed by atoms with E-state index in [0.717, 1.165) is 32.0 Å². The van der Waals surface area contributed by atoms with Gasteiger partial charge in [0.1, 0.15) is 5.60 Å². The summed E-state index contributed by atoms with van der Waals surface area (Å²) >= 11 is 0. The zero-order valence-electron chi connectivity index (χ0n) is 15.0. The monoisotopic (exact) mass is 323 g/mol. The van der Waals surface area contributed by atoms with Gasteiger partial charge in [-0.2, -0.15) is 0 Å². The minimum absolute atomic E-state index is 0.154. The first-order chi connectivity index (χ1) is 10.9. The Morgan fingerprint density at radius 2 is 1.74 bits per heavy atom. The van der Waals surface area contributed by atoms with Crippen LogP contribution in [0.25, 0.3) is 0 Å². The van der Waals surface area contributed by atoms with Gasteiger partial charge < -0.3 is 15.0 Å². The highest BCUT2D eigenvalue weighted by Crippen LogP contribution is 2.30. The summed E-state index contributed by atoms with van der Waals surface area (Å²) in [5, 5.41) is 3.86. The van der Waals surface area contributed by atoms with Crippen LogP contribution in [0.2, 0.25) is 0 Å². The maximum absolute atomic E-state index is 12.2. The maximum atomic E-state index is 12.2. The molecule has 1 N–H and O–H groups in total. The quantitative estimate of drug-likeness (QED) is 0.867. The average Bonchev–Trinajstić information content (AvgIpc) is 3.23. The van der Waals surface area contributed by atoms with Crippen molar-refractivity contribution in [2.45, 2.75) is 83.0 Å². The van der Waals surface area contributed by atoms with Crippen LogP contribution in [-0.2, 0) is 4.74 Å². The fraction of sp³-hybridized carbons (Fsp3) is 0.944. The topological polar surface area (TPSA) is 44.8 Å². The summed E-state index contributed by atoms with van der Waals surface area (Å²) in [4.78, 5) is 16.8. The molecule has 2 aliphatic heterocycles. The van der Waals surface area contributed by atoms with Crippen molar-refractivity contribution in [1.82, 2.24) is 15.1 Å². The Kier molecular flexibility index (Phi) is 5.16. The standard InChI is InChI=1S/C18H33N3O2/c1-18(2,3)23-17(22)20-10-4-5-14(8-11-20)19-15-9-12-21(13-15)16-6-7-16/h14-16,19H,4-13H2,1-3H3. The van der Waals surface area contributed by atoms with E-state index in [2.05, 4.69) is 10.2 Å². The van der Waals surface area contributed by atoms with Crippen LogP contribution in [0, 0.1) is 0 Å². The SMILES string of the molecule is CC(C)(C)OC(=O)N1CCCC(NC2CCN(C3CC3)C2)CC1. The molecular formula is C18H33N3O2. The summed E-state index contributed by atoms with van der Waals surface area (Å²) in [6.07, 6.45) is 7.21. The predicted molar refractivity (Wildman–Crippen MR) is 91.6 cm³/mol. The van der Waals surface area contributed by atoms with E-state index in [4.69, 9.17) is 4.74 Å². The molecule has 2 heterocycles. The molecule has 0 aromatic heterocycles. The molecule has 3 aliphatic rings. The zero-order chi connectivity index (χ0) is 16.4. The Labute approximate surface area is 140 Å². The van der Waals surface area contributed by atoms with E-state index >= 15 is 0 Å². The molecule has 132 valence electrons. The molecular weight excluding hydrogens is 290 g/mol. The van der Waals surface area contributed by atoms with Crippen LogP contribution in [-0.4, -0.2) is 65.8 Å². The number of nitrogens with one attached hydrogen (secondary N) is 1. The number of hydrogen-bond acceptors (Lipinski definition) is 4. The molecule has 3 fully saturated rings. The second-order valence-electron chi connectivity index (χ2n) is 8.47. The number of hydrogen-bond donors (Lipinski definition) is 1. The van der Waals surface area contributed by atoms with Crippen molar-refractivity contribution < 1.29 is 9.53 Å². The molecule has 3 rings (SSSR count). The summed E-state index contributed by atoms with van der Waals surface area (Å²) in [6, 6.07) is 2.08. The number of ether oxygens (including phenoxy) is 1. The maximum Gasteiger partial charge on any atom is 0.410 e. The van der Waals surface area contributed by atoms with Gasteiger partial charge in [0.05, 0.1) is 0 Å². The number of rotatable bonds is 3. The first kappa shape index (κ1) is 17.0. The summed E-state index contributed by atoms with van der Waals surface area (Å²) in [5.41, 5.74) is -0.406. The molecule has 0 bridgehead atoms. The third kappa shape index (κ3) is 5.08. The van der Waals surface area contributed by atoms with Gasteiger partial charge in [0.15, 0.2) is 0 Å². The van der Waals surface area contributed by atoms with Crippen molar-refractivity contribution in [3.63, 3.8) is 0 Å². The number of amides is 1. The normalized spacial score (nSPS) is 30.3. The highest BCUT2D eigenvalue weighted by Gasteiger charge is 2.35. The second-order valence-corrected chi connectivity index (χ2v) is 8.47. The van der Waals surface area contributed by atoms with Crippen LogP contribution >= 0.6 is 0 Å². The van der Waals surface area contributed by atoms with Gasteiger partial charge in [-0.1, -0.05) is 0 Å². The molecule has 1 saturated carbocycles. The first-order valence-corrected chi connectivity index (χ1v) is 9.39. The molecule has 0 aromatic rings. The third-order valence-electron chi connectivity index (χ3n) is 5.13. The van der Waals surface area contributed by atoms with Crippen LogP contribution in [0.4, 0.5) is 4.79 Å². The van der Waals surface area contributed by atoms with Crippen LogP contribution < -0.4 is 5.32 Å². The molecule has 1 aliphatic carbocycles. The third-order valence-corrected chi connectivity index (χ3v) is 5.13. The van der Waals surface area contributed by atoms with E-state index in [1.165, 1.54) is 38.8 Å². The van der Waals surface area contributed by atoms with Gasteiger partial charge in [-0.25, -0.2) is 4.79 Å². The average molecular weight is 323 g/mol. The van der Waals surface area contributed by atoms with Gasteiger partial charge in [-0.3, -0.25) is 4.90 Å². The number of carbonyl (C=O) groups excluding carboxylic acids is 1. The van der Waals surface area contributed by atoms with Crippen LogP contribution in [0.1, 0.15) is 59.3 Å². The minimum Gasteiger partial charge on any atom is -0.444 e. The molecule has 2 saturated heterocycles. The lowest BCUT2D eigenvalue weighted by molar-refractivity contribution is 0.0256. The van der Waals surface area contributed by atoms with Crippen molar-refractivity contribution in [1.29, 1.82) is 0 Å². The van der Waals surface area contributed by atoms with Crippen molar-refractivity contribution in [2.75, 3.05) is 26.2 Å². The number of carbonyl (C=O) groups is 1. The van der Waals surface area contributed by atoms with Gasteiger partial charge in [-0.15, -0.1) is 0 Å². The Balaban J connectivity index is 1.42. The number of nitrogens with zero attached hydrogens (tertiary/aromatic N) is 2.